The van der Waals surface area contributed by atoms with Crippen LogP contribution in [0.2, 0.25) is 0 Å². The minimum atomic E-state index is 0.841. The Kier molecular flexibility index (Phi) is 2.88. The third-order valence-corrected chi connectivity index (χ3v) is 4.47. The second kappa shape index (κ2) is 3.98. The highest BCUT2D eigenvalue weighted by atomic mass is 127. The van der Waals surface area contributed by atoms with Gasteiger partial charge in [-0.25, -0.2) is 0 Å². The second-order valence-electron chi connectivity index (χ2n) is 3.09. The molecule has 0 unspecified atom stereocenters. The van der Waals surface area contributed by atoms with Crippen molar-refractivity contribution >= 4 is 50.3 Å². The Hall–Kier alpha value is -0.420. The lowest BCUT2D eigenvalue weighted by Gasteiger charge is -1.95. The number of carbonyl (C=O) groups is 1. The summed E-state index contributed by atoms with van der Waals surface area (Å²) < 4.78 is 2.30. The van der Waals surface area contributed by atoms with Crippen LogP contribution in [0.15, 0.2) is 18.2 Å². The molecule has 0 saturated heterocycles. The Morgan fingerprint density at radius 3 is 2.93 bits per heavy atom. The van der Waals surface area contributed by atoms with Gasteiger partial charge in [0.05, 0.1) is 2.88 Å². The molecule has 0 saturated carbocycles. The molecule has 0 aliphatic heterocycles. The molecule has 0 spiro atoms. The number of thiophene rings is 1. The van der Waals surface area contributed by atoms with E-state index in [9.17, 15) is 4.79 Å². The van der Waals surface area contributed by atoms with Crippen LogP contribution in [0.25, 0.3) is 10.1 Å². The summed E-state index contributed by atoms with van der Waals surface area (Å²) in [5.74, 6) is 0. The molecule has 0 radical (unpaired) electrons. The first-order valence-electron chi connectivity index (χ1n) is 4.42. The van der Waals surface area contributed by atoms with E-state index in [2.05, 4.69) is 47.7 Å². The number of aryl methyl sites for hydroxylation is 1. The van der Waals surface area contributed by atoms with Crippen LogP contribution in [0.5, 0.6) is 0 Å². The Labute approximate surface area is 100 Å². The van der Waals surface area contributed by atoms with E-state index in [4.69, 9.17) is 0 Å². The lowest BCUT2D eigenvalue weighted by Crippen LogP contribution is -1.80. The van der Waals surface area contributed by atoms with Crippen LogP contribution in [-0.4, -0.2) is 6.29 Å². The number of fused-ring (bicyclic) bond motifs is 1. The van der Waals surface area contributed by atoms with Gasteiger partial charge in [0, 0.05) is 15.6 Å². The molecular weight excluding hydrogens is 307 g/mol. The molecule has 2 rings (SSSR count). The van der Waals surface area contributed by atoms with E-state index in [-0.39, 0.29) is 0 Å². The summed E-state index contributed by atoms with van der Waals surface area (Å²) >= 11 is 3.91. The molecule has 0 N–H and O–H groups in total. The normalized spacial score (nSPS) is 10.7. The Morgan fingerprint density at radius 1 is 1.50 bits per heavy atom. The molecule has 0 fully saturated rings. The monoisotopic (exact) mass is 316 g/mol. The van der Waals surface area contributed by atoms with E-state index >= 15 is 0 Å². The molecule has 1 aromatic heterocycles. The molecule has 0 atom stereocenters. The fraction of sp³-hybridized carbons (Fsp3) is 0.182. The fourth-order valence-corrected chi connectivity index (χ4v) is 3.55. The van der Waals surface area contributed by atoms with Gasteiger partial charge in [-0.15, -0.1) is 11.3 Å². The van der Waals surface area contributed by atoms with Crippen LogP contribution in [0.3, 0.4) is 0 Å². The molecule has 1 heterocycles. The standard InChI is InChI=1S/C11H9IOS/c1-2-7-3-4-8-9(6-13)11(12)14-10(8)5-7/h3-6H,2H2,1H3. The van der Waals surface area contributed by atoms with Gasteiger partial charge in [-0.2, -0.15) is 0 Å². The van der Waals surface area contributed by atoms with E-state index in [1.165, 1.54) is 10.3 Å². The van der Waals surface area contributed by atoms with Crippen molar-refractivity contribution in [1.82, 2.24) is 0 Å². The summed E-state index contributed by atoms with van der Waals surface area (Å²) in [6, 6.07) is 6.32. The van der Waals surface area contributed by atoms with Crippen molar-refractivity contribution in [2.75, 3.05) is 0 Å². The molecule has 1 nitrogen and oxygen atoms in total. The van der Waals surface area contributed by atoms with Gasteiger partial charge in [0.25, 0.3) is 0 Å². The lowest BCUT2D eigenvalue weighted by molar-refractivity contribution is 0.112. The zero-order chi connectivity index (χ0) is 10.1. The molecule has 0 aliphatic rings. The molecule has 2 aromatic rings. The predicted octanol–water partition coefficient (Wildman–Crippen LogP) is 3.88. The van der Waals surface area contributed by atoms with Crippen LogP contribution in [0, 0.1) is 2.88 Å². The molecule has 1 aromatic carbocycles. The number of benzene rings is 1. The first kappa shape index (κ1) is 10.1. The van der Waals surface area contributed by atoms with Crippen LogP contribution >= 0.6 is 33.9 Å². The van der Waals surface area contributed by atoms with E-state index in [1.807, 2.05) is 0 Å². The molecule has 0 amide bonds. The number of hydrogen-bond acceptors (Lipinski definition) is 2. The molecule has 0 aliphatic carbocycles. The number of aldehydes is 1. The average molecular weight is 316 g/mol. The number of carbonyl (C=O) groups excluding carboxylic acids is 1. The topological polar surface area (TPSA) is 17.1 Å². The largest absolute Gasteiger partial charge is 0.298 e. The first-order valence-corrected chi connectivity index (χ1v) is 6.32. The minimum absolute atomic E-state index is 0.841. The maximum atomic E-state index is 10.9. The van der Waals surface area contributed by atoms with Gasteiger partial charge in [0.15, 0.2) is 6.29 Å². The van der Waals surface area contributed by atoms with Crippen molar-refractivity contribution < 1.29 is 4.79 Å². The molecular formula is C11H9IOS. The van der Waals surface area contributed by atoms with E-state index in [1.54, 1.807) is 11.3 Å². The van der Waals surface area contributed by atoms with Crippen LogP contribution in [-0.2, 0) is 6.42 Å². The van der Waals surface area contributed by atoms with E-state index in [0.29, 0.717) is 0 Å². The molecule has 72 valence electrons. The Morgan fingerprint density at radius 2 is 2.29 bits per heavy atom. The first-order chi connectivity index (χ1) is 6.76. The van der Waals surface area contributed by atoms with Crippen molar-refractivity contribution in [3.8, 4) is 0 Å². The Bertz CT molecular complexity index is 487. The zero-order valence-electron chi connectivity index (χ0n) is 7.71. The molecule has 14 heavy (non-hydrogen) atoms. The van der Waals surface area contributed by atoms with Gasteiger partial charge in [-0.05, 0) is 40.6 Å². The molecule has 3 heteroatoms. The fourth-order valence-electron chi connectivity index (χ4n) is 1.46. The van der Waals surface area contributed by atoms with Crippen LogP contribution in [0.4, 0.5) is 0 Å². The van der Waals surface area contributed by atoms with Crippen LogP contribution in [0.1, 0.15) is 22.8 Å². The third-order valence-electron chi connectivity index (χ3n) is 2.27. The third kappa shape index (κ3) is 1.59. The summed E-state index contributed by atoms with van der Waals surface area (Å²) in [7, 11) is 0. The number of halogens is 1. The highest BCUT2D eigenvalue weighted by Gasteiger charge is 2.08. The van der Waals surface area contributed by atoms with E-state index < -0.39 is 0 Å². The number of hydrogen-bond donors (Lipinski definition) is 0. The SMILES string of the molecule is CCc1ccc2c(C=O)c(I)sc2c1. The summed E-state index contributed by atoms with van der Waals surface area (Å²) in [6.07, 6.45) is 1.99. The van der Waals surface area contributed by atoms with E-state index in [0.717, 1.165) is 26.5 Å². The summed E-state index contributed by atoms with van der Waals surface area (Å²) in [6.45, 7) is 2.14. The van der Waals surface area contributed by atoms with Crippen LogP contribution < -0.4 is 0 Å². The van der Waals surface area contributed by atoms with Gasteiger partial charge in [-0.1, -0.05) is 19.1 Å². The lowest BCUT2D eigenvalue weighted by atomic mass is 10.1. The van der Waals surface area contributed by atoms with Gasteiger partial charge in [-0.3, -0.25) is 4.79 Å². The van der Waals surface area contributed by atoms with Gasteiger partial charge in [0.2, 0.25) is 0 Å². The average Bonchev–Trinajstić information content (AvgIpc) is 2.51. The summed E-state index contributed by atoms with van der Waals surface area (Å²) in [5, 5.41) is 1.09. The minimum Gasteiger partial charge on any atom is -0.298 e. The van der Waals surface area contributed by atoms with Gasteiger partial charge in [0.1, 0.15) is 0 Å². The second-order valence-corrected chi connectivity index (χ2v) is 5.95. The van der Waals surface area contributed by atoms with Gasteiger partial charge < -0.3 is 0 Å². The quantitative estimate of drug-likeness (QED) is 0.607. The van der Waals surface area contributed by atoms with Crippen molar-refractivity contribution in [2.45, 2.75) is 13.3 Å². The summed E-state index contributed by atoms with van der Waals surface area (Å²) in [5.41, 5.74) is 2.17. The smallest absolute Gasteiger partial charge is 0.152 e. The predicted molar refractivity (Wildman–Crippen MR) is 69.3 cm³/mol. The van der Waals surface area contributed by atoms with Crippen molar-refractivity contribution in [3.05, 3.63) is 32.2 Å². The maximum Gasteiger partial charge on any atom is 0.152 e. The van der Waals surface area contributed by atoms with Crippen molar-refractivity contribution in [3.63, 3.8) is 0 Å². The highest BCUT2D eigenvalue weighted by Crippen LogP contribution is 2.31. The van der Waals surface area contributed by atoms with Gasteiger partial charge >= 0.3 is 0 Å². The Balaban J connectivity index is 2.74. The van der Waals surface area contributed by atoms with Crippen molar-refractivity contribution in [2.24, 2.45) is 0 Å². The maximum absolute atomic E-state index is 10.9. The molecule has 0 bridgehead atoms. The number of rotatable bonds is 2. The van der Waals surface area contributed by atoms with Crippen molar-refractivity contribution in [1.29, 1.82) is 0 Å². The summed E-state index contributed by atoms with van der Waals surface area (Å²) in [4.78, 5) is 10.9. The highest BCUT2D eigenvalue weighted by molar-refractivity contribution is 14.1. The zero-order valence-corrected chi connectivity index (χ0v) is 10.7.